The Morgan fingerprint density at radius 3 is 2.27 bits per heavy atom. The third-order valence-corrected chi connectivity index (χ3v) is 1.97. The molecule has 0 unspecified atom stereocenters. The number of carbonyl (C=O) groups excluding carboxylic acids is 1. The summed E-state index contributed by atoms with van der Waals surface area (Å²) >= 11 is 0. The maximum Gasteiger partial charge on any atom is 0.0799 e. The smallest absolute Gasteiger partial charge is 0.0799 e. The molecule has 1 radical (unpaired) electrons. The van der Waals surface area contributed by atoms with Crippen molar-refractivity contribution in [3.63, 3.8) is 0 Å². The van der Waals surface area contributed by atoms with Crippen molar-refractivity contribution in [3.05, 3.63) is 6.92 Å². The summed E-state index contributed by atoms with van der Waals surface area (Å²) in [6, 6.07) is 0.416. The zero-order valence-electron chi connectivity index (χ0n) is 6.81. The first-order valence-electron chi connectivity index (χ1n) is 3.91. The second-order valence-corrected chi connectivity index (χ2v) is 2.90. The summed E-state index contributed by atoms with van der Waals surface area (Å²) < 4.78 is 0. The summed E-state index contributed by atoms with van der Waals surface area (Å²) in [6.07, 6.45) is 6.11. The summed E-state index contributed by atoms with van der Waals surface area (Å²) in [5.41, 5.74) is 0. The van der Waals surface area contributed by atoms with Crippen LogP contribution in [-0.2, 0) is 37.5 Å². The van der Waals surface area contributed by atoms with Crippen LogP contribution in [0, 0.1) is 6.92 Å². The average molecular weight is 229 g/mol. The van der Waals surface area contributed by atoms with Gasteiger partial charge in [0.2, 0.25) is 0 Å². The standard InChI is InChI=1S/C8H14NO.Y/c1-7(10)9-8-5-3-2-4-6-8;/h8H,1-6H2,(H,9,10);/q-1;. The van der Waals surface area contributed by atoms with E-state index in [9.17, 15) is 4.79 Å². The minimum absolute atomic E-state index is 0. The van der Waals surface area contributed by atoms with Crippen molar-refractivity contribution in [2.24, 2.45) is 0 Å². The van der Waals surface area contributed by atoms with E-state index in [1.54, 1.807) is 0 Å². The van der Waals surface area contributed by atoms with Crippen LogP contribution in [-0.4, -0.2) is 11.9 Å². The van der Waals surface area contributed by atoms with E-state index in [0.29, 0.717) is 6.04 Å². The van der Waals surface area contributed by atoms with Gasteiger partial charge in [0.25, 0.3) is 0 Å². The summed E-state index contributed by atoms with van der Waals surface area (Å²) in [5.74, 6) is -0.132. The molecule has 1 amide bonds. The molecule has 1 fully saturated rings. The van der Waals surface area contributed by atoms with E-state index in [1.807, 2.05) is 0 Å². The predicted octanol–water partition coefficient (Wildman–Crippen LogP) is 1.27. The monoisotopic (exact) mass is 229 g/mol. The minimum Gasteiger partial charge on any atom is -0.378 e. The van der Waals surface area contributed by atoms with Crippen molar-refractivity contribution < 1.29 is 37.5 Å². The van der Waals surface area contributed by atoms with Gasteiger partial charge in [-0.2, -0.15) is 0 Å². The summed E-state index contributed by atoms with van der Waals surface area (Å²) in [4.78, 5) is 10.5. The molecule has 1 saturated carbocycles. The minimum atomic E-state index is -0.132. The van der Waals surface area contributed by atoms with Crippen molar-refractivity contribution in [3.8, 4) is 0 Å². The summed E-state index contributed by atoms with van der Waals surface area (Å²) in [6.45, 7) is 3.28. The van der Waals surface area contributed by atoms with Crippen LogP contribution in [0.5, 0.6) is 0 Å². The van der Waals surface area contributed by atoms with Crippen LogP contribution in [0.3, 0.4) is 0 Å². The van der Waals surface area contributed by atoms with Crippen LogP contribution in [0.4, 0.5) is 0 Å². The molecular weight excluding hydrogens is 215 g/mol. The maximum atomic E-state index is 10.5. The van der Waals surface area contributed by atoms with Gasteiger partial charge in [-0.15, -0.1) is 0 Å². The number of rotatable bonds is 1. The normalized spacial score (nSPS) is 18.5. The number of hydrogen-bond acceptors (Lipinski definition) is 1. The van der Waals surface area contributed by atoms with E-state index >= 15 is 0 Å². The third kappa shape index (κ3) is 4.81. The maximum absolute atomic E-state index is 10.5. The summed E-state index contributed by atoms with van der Waals surface area (Å²) in [7, 11) is 0. The van der Waals surface area contributed by atoms with Gasteiger partial charge in [-0.05, 0) is 12.8 Å². The largest absolute Gasteiger partial charge is 0.378 e. The molecule has 61 valence electrons. The first kappa shape index (κ1) is 11.4. The molecule has 1 N–H and O–H groups in total. The number of hydrogen-bond donors (Lipinski definition) is 1. The van der Waals surface area contributed by atoms with Gasteiger partial charge in [-0.25, -0.2) is 0 Å². The van der Waals surface area contributed by atoms with E-state index in [1.165, 1.54) is 19.3 Å². The molecule has 0 heterocycles. The van der Waals surface area contributed by atoms with Gasteiger partial charge in [0.05, 0.1) is 5.91 Å². The molecule has 0 aromatic heterocycles. The van der Waals surface area contributed by atoms with Crippen LogP contribution in [0.15, 0.2) is 0 Å². The van der Waals surface area contributed by atoms with E-state index in [-0.39, 0.29) is 38.6 Å². The molecule has 0 aliphatic heterocycles. The average Bonchev–Trinajstić information content (AvgIpc) is 1.88. The van der Waals surface area contributed by atoms with Gasteiger partial charge in [0.1, 0.15) is 0 Å². The van der Waals surface area contributed by atoms with Crippen LogP contribution in [0.2, 0.25) is 0 Å². The Balaban J connectivity index is 0.000001000. The molecule has 2 nitrogen and oxygen atoms in total. The molecule has 3 heteroatoms. The van der Waals surface area contributed by atoms with Gasteiger partial charge < -0.3 is 17.0 Å². The Kier molecular flexibility index (Phi) is 6.26. The van der Waals surface area contributed by atoms with Crippen LogP contribution in [0.25, 0.3) is 0 Å². The zero-order valence-corrected chi connectivity index (χ0v) is 9.64. The number of carbonyl (C=O) groups is 1. The fraction of sp³-hybridized carbons (Fsp3) is 0.750. The quantitative estimate of drug-likeness (QED) is 0.674. The Labute approximate surface area is 93.4 Å². The van der Waals surface area contributed by atoms with E-state index in [0.717, 1.165) is 12.8 Å². The fourth-order valence-electron chi connectivity index (χ4n) is 1.47. The van der Waals surface area contributed by atoms with Gasteiger partial charge in [-0.3, -0.25) is 0 Å². The second kappa shape index (κ2) is 6.02. The molecule has 1 aliphatic rings. The van der Waals surface area contributed by atoms with Crippen LogP contribution in [0.1, 0.15) is 32.1 Å². The van der Waals surface area contributed by atoms with E-state index < -0.39 is 0 Å². The van der Waals surface area contributed by atoms with Gasteiger partial charge in [-0.1, -0.05) is 19.3 Å². The molecule has 0 atom stereocenters. The second-order valence-electron chi connectivity index (χ2n) is 2.90. The molecule has 1 aliphatic carbocycles. The Bertz CT molecular complexity index is 121. The number of nitrogens with one attached hydrogen (secondary N) is 1. The van der Waals surface area contributed by atoms with Gasteiger partial charge >= 0.3 is 0 Å². The number of amides is 1. The Morgan fingerprint density at radius 1 is 1.27 bits per heavy atom. The Hall–Kier alpha value is 0.444. The topological polar surface area (TPSA) is 29.1 Å². The van der Waals surface area contributed by atoms with Crippen molar-refractivity contribution >= 4 is 5.91 Å². The first-order chi connectivity index (χ1) is 4.79. The van der Waals surface area contributed by atoms with Gasteiger partial charge in [0, 0.05) is 38.8 Å². The van der Waals surface area contributed by atoms with Crippen LogP contribution < -0.4 is 5.32 Å². The fourth-order valence-corrected chi connectivity index (χ4v) is 1.47. The predicted molar refractivity (Wildman–Crippen MR) is 40.4 cm³/mol. The van der Waals surface area contributed by atoms with Crippen molar-refractivity contribution in [2.45, 2.75) is 38.1 Å². The SMILES string of the molecule is [CH2-]C(=O)NC1CCCCC1.[Y]. The molecule has 1 rings (SSSR count). The summed E-state index contributed by atoms with van der Waals surface area (Å²) in [5, 5.41) is 2.83. The molecule has 0 aromatic carbocycles. The molecule has 0 saturated heterocycles. The van der Waals surface area contributed by atoms with Crippen molar-refractivity contribution in [1.82, 2.24) is 5.32 Å². The van der Waals surface area contributed by atoms with Crippen molar-refractivity contribution in [1.29, 1.82) is 0 Å². The van der Waals surface area contributed by atoms with Gasteiger partial charge in [0.15, 0.2) is 0 Å². The molecular formula is C8H14NOY-. The van der Waals surface area contributed by atoms with E-state index in [2.05, 4.69) is 12.2 Å². The molecule has 0 spiro atoms. The van der Waals surface area contributed by atoms with Crippen LogP contribution >= 0.6 is 0 Å². The zero-order chi connectivity index (χ0) is 7.40. The molecule has 0 aromatic rings. The third-order valence-electron chi connectivity index (χ3n) is 1.97. The van der Waals surface area contributed by atoms with E-state index in [4.69, 9.17) is 0 Å². The Morgan fingerprint density at radius 2 is 1.82 bits per heavy atom. The molecule has 0 bridgehead atoms. The molecule has 11 heavy (non-hydrogen) atoms. The first-order valence-corrected chi connectivity index (χ1v) is 3.91. The van der Waals surface area contributed by atoms with Crippen molar-refractivity contribution in [2.75, 3.05) is 0 Å².